The molecule has 4 nitrogen and oxygen atoms in total. The molecule has 4 heteroatoms. The quantitative estimate of drug-likeness (QED) is 0.704. The van der Waals surface area contributed by atoms with E-state index in [2.05, 4.69) is 16.7 Å². The summed E-state index contributed by atoms with van der Waals surface area (Å²) in [6, 6.07) is 6.49. The number of carbonyl (C=O) groups is 1. The Hall–Kier alpha value is -1.55. The number of carbonyl (C=O) groups excluding carboxylic acids is 1. The number of aryl methyl sites for hydroxylation is 1. The Bertz CT molecular complexity index is 443. The van der Waals surface area contributed by atoms with Gasteiger partial charge in [-0.3, -0.25) is 4.79 Å². The first kappa shape index (κ1) is 12.9. The van der Waals surface area contributed by atoms with Crippen molar-refractivity contribution in [3.63, 3.8) is 0 Å². The Kier molecular flexibility index (Phi) is 3.87. The van der Waals surface area contributed by atoms with Gasteiger partial charge in [-0.1, -0.05) is 6.07 Å². The number of anilines is 1. The summed E-state index contributed by atoms with van der Waals surface area (Å²) in [7, 11) is 0. The fourth-order valence-electron chi connectivity index (χ4n) is 2.44. The Morgan fingerprint density at radius 2 is 2.28 bits per heavy atom. The number of nitrogens with one attached hydrogen (secondary N) is 2. The van der Waals surface area contributed by atoms with Crippen LogP contribution in [0.15, 0.2) is 18.2 Å². The highest BCUT2D eigenvalue weighted by Crippen LogP contribution is 2.31. The third-order valence-electron chi connectivity index (χ3n) is 3.20. The zero-order valence-electron chi connectivity index (χ0n) is 11.0. The molecule has 1 amide bonds. The van der Waals surface area contributed by atoms with Crippen LogP contribution in [0.5, 0.6) is 0 Å². The molecule has 1 atom stereocenters. The Morgan fingerprint density at radius 3 is 3.00 bits per heavy atom. The minimum Gasteiger partial charge on any atom is -0.399 e. The van der Waals surface area contributed by atoms with Crippen LogP contribution in [0.2, 0.25) is 0 Å². The van der Waals surface area contributed by atoms with Crippen LogP contribution < -0.4 is 16.4 Å². The summed E-state index contributed by atoms with van der Waals surface area (Å²) in [5.74, 6) is 0.0499. The standard InChI is InChI=1S/C14H21N3O/c1-9(2)17-14(18)8-16-13-6-3-10-7-11(15)4-5-12(10)13/h4-5,7,9,13,16H,3,6,8,15H2,1-2H3,(H,17,18). The van der Waals surface area contributed by atoms with E-state index < -0.39 is 0 Å². The molecule has 18 heavy (non-hydrogen) atoms. The fourth-order valence-corrected chi connectivity index (χ4v) is 2.44. The van der Waals surface area contributed by atoms with Crippen molar-refractivity contribution in [3.8, 4) is 0 Å². The highest BCUT2D eigenvalue weighted by molar-refractivity contribution is 5.78. The molecule has 0 saturated carbocycles. The first-order chi connectivity index (χ1) is 8.56. The lowest BCUT2D eigenvalue weighted by molar-refractivity contribution is -0.120. The minimum atomic E-state index is 0.0499. The number of benzene rings is 1. The maximum absolute atomic E-state index is 11.6. The van der Waals surface area contributed by atoms with E-state index in [1.54, 1.807) is 0 Å². The van der Waals surface area contributed by atoms with Crippen molar-refractivity contribution in [2.45, 2.75) is 38.8 Å². The normalized spacial score (nSPS) is 17.8. The average Bonchev–Trinajstić information content (AvgIpc) is 2.67. The van der Waals surface area contributed by atoms with Gasteiger partial charge in [0.15, 0.2) is 0 Å². The molecular formula is C14H21N3O. The van der Waals surface area contributed by atoms with Gasteiger partial charge >= 0.3 is 0 Å². The second-order valence-corrected chi connectivity index (χ2v) is 5.15. The molecule has 1 aliphatic rings. The number of hydrogen-bond donors (Lipinski definition) is 3. The summed E-state index contributed by atoms with van der Waals surface area (Å²) < 4.78 is 0. The fraction of sp³-hybridized carbons (Fsp3) is 0.500. The van der Waals surface area contributed by atoms with E-state index in [-0.39, 0.29) is 18.0 Å². The monoisotopic (exact) mass is 247 g/mol. The predicted octanol–water partition coefficient (Wildman–Crippen LogP) is 1.37. The summed E-state index contributed by atoms with van der Waals surface area (Å²) in [4.78, 5) is 11.6. The van der Waals surface area contributed by atoms with E-state index in [1.165, 1.54) is 11.1 Å². The zero-order valence-corrected chi connectivity index (χ0v) is 11.0. The van der Waals surface area contributed by atoms with E-state index >= 15 is 0 Å². The van der Waals surface area contributed by atoms with Gasteiger partial charge in [0.05, 0.1) is 6.54 Å². The van der Waals surface area contributed by atoms with Crippen LogP contribution in [-0.4, -0.2) is 18.5 Å². The van der Waals surface area contributed by atoms with Crippen molar-refractivity contribution in [1.82, 2.24) is 10.6 Å². The average molecular weight is 247 g/mol. The van der Waals surface area contributed by atoms with E-state index in [0.717, 1.165) is 18.5 Å². The largest absolute Gasteiger partial charge is 0.399 e. The number of hydrogen-bond acceptors (Lipinski definition) is 3. The highest BCUT2D eigenvalue weighted by atomic mass is 16.1. The molecule has 1 aromatic carbocycles. The van der Waals surface area contributed by atoms with Crippen LogP contribution in [0, 0.1) is 0 Å². The summed E-state index contributed by atoms with van der Waals surface area (Å²) in [6.07, 6.45) is 2.07. The molecule has 0 radical (unpaired) electrons. The van der Waals surface area contributed by atoms with Crippen LogP contribution in [-0.2, 0) is 11.2 Å². The first-order valence-corrected chi connectivity index (χ1v) is 6.47. The van der Waals surface area contributed by atoms with Gasteiger partial charge in [0.2, 0.25) is 5.91 Å². The minimum absolute atomic E-state index is 0.0499. The maximum atomic E-state index is 11.6. The van der Waals surface area contributed by atoms with Gasteiger partial charge in [-0.15, -0.1) is 0 Å². The maximum Gasteiger partial charge on any atom is 0.234 e. The molecule has 2 rings (SSSR count). The van der Waals surface area contributed by atoms with Gasteiger partial charge < -0.3 is 16.4 Å². The van der Waals surface area contributed by atoms with Crippen molar-refractivity contribution in [3.05, 3.63) is 29.3 Å². The molecule has 0 spiro atoms. The molecule has 1 aliphatic carbocycles. The Labute approximate surface area is 108 Å². The molecule has 1 unspecified atom stereocenters. The van der Waals surface area contributed by atoms with Crippen molar-refractivity contribution < 1.29 is 4.79 Å². The second kappa shape index (κ2) is 5.40. The van der Waals surface area contributed by atoms with E-state index in [0.29, 0.717) is 6.54 Å². The van der Waals surface area contributed by atoms with Gasteiger partial charge in [-0.05, 0) is 49.9 Å². The lowest BCUT2D eigenvalue weighted by Crippen LogP contribution is -2.38. The van der Waals surface area contributed by atoms with Crippen LogP contribution >= 0.6 is 0 Å². The number of amides is 1. The predicted molar refractivity (Wildman–Crippen MR) is 73.2 cm³/mol. The second-order valence-electron chi connectivity index (χ2n) is 5.15. The van der Waals surface area contributed by atoms with Gasteiger partial charge in [0.25, 0.3) is 0 Å². The molecule has 0 aliphatic heterocycles. The van der Waals surface area contributed by atoms with Crippen molar-refractivity contribution in [2.24, 2.45) is 0 Å². The molecule has 98 valence electrons. The number of rotatable bonds is 4. The number of fused-ring (bicyclic) bond motifs is 1. The number of nitrogen functional groups attached to an aromatic ring is 1. The number of nitrogens with two attached hydrogens (primary N) is 1. The van der Waals surface area contributed by atoms with Crippen LogP contribution in [0.3, 0.4) is 0 Å². The van der Waals surface area contributed by atoms with Crippen LogP contribution in [0.1, 0.15) is 37.4 Å². The van der Waals surface area contributed by atoms with Gasteiger partial charge in [0.1, 0.15) is 0 Å². The van der Waals surface area contributed by atoms with Crippen LogP contribution in [0.4, 0.5) is 5.69 Å². The lowest BCUT2D eigenvalue weighted by atomic mass is 10.1. The summed E-state index contributed by atoms with van der Waals surface area (Å²) in [6.45, 7) is 4.30. The summed E-state index contributed by atoms with van der Waals surface area (Å²) in [5, 5.41) is 6.19. The Morgan fingerprint density at radius 1 is 1.50 bits per heavy atom. The third kappa shape index (κ3) is 3.01. The van der Waals surface area contributed by atoms with Crippen molar-refractivity contribution in [1.29, 1.82) is 0 Å². The van der Waals surface area contributed by atoms with Gasteiger partial charge in [-0.2, -0.15) is 0 Å². The van der Waals surface area contributed by atoms with E-state index in [9.17, 15) is 4.79 Å². The SMILES string of the molecule is CC(C)NC(=O)CNC1CCc2cc(N)ccc21. The van der Waals surface area contributed by atoms with Crippen molar-refractivity contribution >= 4 is 11.6 Å². The molecule has 0 bridgehead atoms. The lowest BCUT2D eigenvalue weighted by Gasteiger charge is -2.15. The molecule has 0 heterocycles. The van der Waals surface area contributed by atoms with E-state index in [4.69, 9.17) is 5.73 Å². The molecule has 0 saturated heterocycles. The third-order valence-corrected chi connectivity index (χ3v) is 3.20. The Balaban J connectivity index is 1.92. The molecule has 4 N–H and O–H groups in total. The molecule has 1 aromatic rings. The molecule has 0 aromatic heterocycles. The topological polar surface area (TPSA) is 67.2 Å². The van der Waals surface area contributed by atoms with Gasteiger partial charge in [0, 0.05) is 17.8 Å². The first-order valence-electron chi connectivity index (χ1n) is 6.47. The summed E-state index contributed by atoms with van der Waals surface area (Å²) >= 11 is 0. The molecular weight excluding hydrogens is 226 g/mol. The van der Waals surface area contributed by atoms with Crippen LogP contribution in [0.25, 0.3) is 0 Å². The smallest absolute Gasteiger partial charge is 0.234 e. The summed E-state index contributed by atoms with van der Waals surface area (Å²) in [5.41, 5.74) is 9.16. The molecule has 0 fully saturated rings. The van der Waals surface area contributed by atoms with Crippen molar-refractivity contribution in [2.75, 3.05) is 12.3 Å². The van der Waals surface area contributed by atoms with E-state index in [1.807, 2.05) is 26.0 Å². The highest BCUT2D eigenvalue weighted by Gasteiger charge is 2.22. The van der Waals surface area contributed by atoms with Gasteiger partial charge in [-0.25, -0.2) is 0 Å². The zero-order chi connectivity index (χ0) is 13.1.